The molecule has 3 aliphatic heterocycles. The number of aromatic hydroxyl groups is 1. The second kappa shape index (κ2) is 11.2. The summed E-state index contributed by atoms with van der Waals surface area (Å²) in [4.78, 5) is 18.4. The lowest BCUT2D eigenvalue weighted by molar-refractivity contribution is 0.107. The number of alkyl halides is 1. The van der Waals surface area contributed by atoms with E-state index in [2.05, 4.69) is 25.7 Å². The van der Waals surface area contributed by atoms with Crippen molar-refractivity contribution in [2.24, 2.45) is 0 Å². The molecule has 0 bridgehead atoms. The van der Waals surface area contributed by atoms with Crippen LogP contribution in [0.5, 0.6) is 17.6 Å². The van der Waals surface area contributed by atoms with Gasteiger partial charge in [0.1, 0.15) is 46.8 Å². The number of rotatable bonds is 4. The predicted octanol–water partition coefficient (Wildman–Crippen LogP) is 6.69. The summed E-state index contributed by atoms with van der Waals surface area (Å²) in [6.07, 6.45) is 12.8. The average Bonchev–Trinajstić information content (AvgIpc) is 3.59. The van der Waals surface area contributed by atoms with E-state index in [0.717, 1.165) is 51.5 Å². The Morgan fingerprint density at radius 3 is 2.70 bits per heavy atom. The summed E-state index contributed by atoms with van der Waals surface area (Å²) in [5, 5.41) is 11.6. The molecule has 2 aromatic heterocycles. The fraction of sp³-hybridized carbons (Fsp3) is 0.472. The third-order valence-electron chi connectivity index (χ3n) is 11.0. The molecule has 1 spiro atoms. The highest BCUT2D eigenvalue weighted by molar-refractivity contribution is 6.04. The first-order valence-electron chi connectivity index (χ1n) is 16.4. The number of nitrogens with zero attached hydrogens (tertiary/aromatic N) is 5. The monoisotopic (exact) mass is 643 g/mol. The summed E-state index contributed by atoms with van der Waals surface area (Å²) in [6, 6.07) is 5.43. The van der Waals surface area contributed by atoms with Crippen molar-refractivity contribution in [3.05, 3.63) is 41.5 Å². The number of ether oxygens (including phenoxy) is 2. The molecule has 8 rings (SSSR count). The van der Waals surface area contributed by atoms with Crippen molar-refractivity contribution in [1.82, 2.24) is 19.9 Å². The molecule has 5 heterocycles. The van der Waals surface area contributed by atoms with Gasteiger partial charge in [-0.15, -0.1) is 6.42 Å². The molecule has 2 atom stereocenters. The third-order valence-corrected chi connectivity index (χ3v) is 11.0. The van der Waals surface area contributed by atoms with E-state index in [1.165, 1.54) is 24.3 Å². The molecule has 8 nitrogen and oxygen atoms in total. The highest BCUT2D eigenvalue weighted by Crippen LogP contribution is 2.47. The Kier molecular flexibility index (Phi) is 7.13. The van der Waals surface area contributed by atoms with Crippen LogP contribution in [0.1, 0.15) is 63.4 Å². The van der Waals surface area contributed by atoms with Crippen LogP contribution in [0.25, 0.3) is 32.9 Å². The lowest BCUT2D eigenvalue weighted by Crippen LogP contribution is -2.50. The molecule has 11 heteroatoms. The molecule has 1 N–H and O–H groups in total. The van der Waals surface area contributed by atoms with Gasteiger partial charge in [-0.2, -0.15) is 9.97 Å². The van der Waals surface area contributed by atoms with Gasteiger partial charge in [-0.3, -0.25) is 4.90 Å². The maximum absolute atomic E-state index is 17.1. The zero-order chi connectivity index (χ0) is 32.5. The van der Waals surface area contributed by atoms with Crippen LogP contribution in [0.3, 0.4) is 0 Å². The first kappa shape index (κ1) is 30.1. The van der Waals surface area contributed by atoms with Gasteiger partial charge in [0.2, 0.25) is 5.88 Å². The van der Waals surface area contributed by atoms with Gasteiger partial charge in [0.15, 0.2) is 5.82 Å². The molecular weight excluding hydrogens is 607 g/mol. The van der Waals surface area contributed by atoms with Crippen molar-refractivity contribution in [3.8, 4) is 41.2 Å². The first-order valence-corrected chi connectivity index (χ1v) is 16.4. The fourth-order valence-corrected chi connectivity index (χ4v) is 8.62. The van der Waals surface area contributed by atoms with Gasteiger partial charge in [0.05, 0.1) is 17.7 Å². The van der Waals surface area contributed by atoms with E-state index < -0.39 is 23.3 Å². The van der Waals surface area contributed by atoms with E-state index in [1.807, 2.05) is 7.05 Å². The average molecular weight is 644 g/mol. The minimum Gasteiger partial charge on any atom is -0.508 e. The maximum atomic E-state index is 17.1. The largest absolute Gasteiger partial charge is 0.508 e. The maximum Gasteiger partial charge on any atom is 0.319 e. The molecular formula is C36H36F3N5O3. The number of anilines is 1. The number of aromatic nitrogens is 3. The van der Waals surface area contributed by atoms with Gasteiger partial charge >= 0.3 is 6.01 Å². The van der Waals surface area contributed by atoms with Crippen LogP contribution in [0.15, 0.2) is 24.3 Å². The van der Waals surface area contributed by atoms with Crippen LogP contribution in [-0.2, 0) is 0 Å². The smallest absolute Gasteiger partial charge is 0.319 e. The second-order valence-electron chi connectivity index (χ2n) is 13.6. The third kappa shape index (κ3) is 4.74. The number of phenolic OH excluding ortho intramolecular Hbond substituents is 1. The molecule has 2 saturated heterocycles. The Hall–Kier alpha value is -4.30. The minimum atomic E-state index is -0.928. The van der Waals surface area contributed by atoms with Crippen LogP contribution in [0.4, 0.5) is 19.0 Å². The van der Waals surface area contributed by atoms with Gasteiger partial charge in [0.25, 0.3) is 0 Å². The molecule has 47 heavy (non-hydrogen) atoms. The van der Waals surface area contributed by atoms with Crippen molar-refractivity contribution in [2.45, 2.75) is 75.0 Å². The lowest BCUT2D eigenvalue weighted by atomic mass is 9.78. The molecule has 3 fully saturated rings. The van der Waals surface area contributed by atoms with Gasteiger partial charge in [-0.05, 0) is 55.8 Å². The summed E-state index contributed by atoms with van der Waals surface area (Å²) < 4.78 is 59.2. The number of benzene rings is 2. The van der Waals surface area contributed by atoms with Crippen molar-refractivity contribution in [1.29, 1.82) is 0 Å². The van der Waals surface area contributed by atoms with Crippen molar-refractivity contribution in [3.63, 3.8) is 0 Å². The number of terminal acetylenes is 1. The molecule has 0 unspecified atom stereocenters. The molecule has 0 radical (unpaired) electrons. The van der Waals surface area contributed by atoms with Crippen LogP contribution in [0, 0.1) is 24.0 Å². The lowest BCUT2D eigenvalue weighted by Gasteiger charge is -2.46. The van der Waals surface area contributed by atoms with E-state index in [0.29, 0.717) is 42.6 Å². The van der Waals surface area contributed by atoms with E-state index in [4.69, 9.17) is 20.9 Å². The topological polar surface area (TPSA) is 83.8 Å². The number of pyridine rings is 1. The normalized spacial score (nSPS) is 23.8. The summed E-state index contributed by atoms with van der Waals surface area (Å²) in [5.74, 6) is 1.33. The minimum absolute atomic E-state index is 0.0208. The Bertz CT molecular complexity index is 1960. The summed E-state index contributed by atoms with van der Waals surface area (Å²) >= 11 is 0. The van der Waals surface area contributed by atoms with Crippen LogP contribution in [0.2, 0.25) is 0 Å². The van der Waals surface area contributed by atoms with Crippen LogP contribution >= 0.6 is 0 Å². The number of hydrogen-bond acceptors (Lipinski definition) is 8. The Balaban J connectivity index is 1.34. The Morgan fingerprint density at radius 1 is 1.06 bits per heavy atom. The second-order valence-corrected chi connectivity index (χ2v) is 13.6. The predicted molar refractivity (Wildman–Crippen MR) is 173 cm³/mol. The molecule has 4 aliphatic rings. The quantitative estimate of drug-likeness (QED) is 0.247. The highest BCUT2D eigenvalue weighted by atomic mass is 19.1. The first-order chi connectivity index (χ1) is 22.7. The zero-order valence-corrected chi connectivity index (χ0v) is 26.3. The van der Waals surface area contributed by atoms with Crippen molar-refractivity contribution < 1.29 is 27.8 Å². The van der Waals surface area contributed by atoms with Crippen LogP contribution < -0.4 is 14.4 Å². The zero-order valence-electron chi connectivity index (χ0n) is 26.3. The summed E-state index contributed by atoms with van der Waals surface area (Å²) in [7, 11) is 1.98. The van der Waals surface area contributed by atoms with Gasteiger partial charge in [-0.25, -0.2) is 18.2 Å². The Morgan fingerprint density at radius 2 is 1.89 bits per heavy atom. The van der Waals surface area contributed by atoms with Gasteiger partial charge in [-0.1, -0.05) is 31.2 Å². The molecule has 244 valence electrons. The van der Waals surface area contributed by atoms with Crippen LogP contribution in [-0.4, -0.2) is 75.6 Å². The highest BCUT2D eigenvalue weighted by Gasteiger charge is 2.49. The number of phenols is 1. The van der Waals surface area contributed by atoms with E-state index >= 15 is 4.39 Å². The van der Waals surface area contributed by atoms with Crippen molar-refractivity contribution in [2.75, 3.05) is 38.3 Å². The van der Waals surface area contributed by atoms with E-state index in [1.54, 1.807) is 0 Å². The summed E-state index contributed by atoms with van der Waals surface area (Å²) in [5.41, 5.74) is -0.941. The molecule has 1 saturated carbocycles. The van der Waals surface area contributed by atoms with E-state index in [9.17, 15) is 13.9 Å². The SMILES string of the molecule is C#Cc1c(F)ccc2cc(O)cc(-c3nc4c5c(nc(OC[C@@]67CCCN6C[C@H](F)C7)nc5c3F)N(C)C3(CCCCC3)CCO4)c12. The Labute approximate surface area is 270 Å². The molecule has 1 aliphatic carbocycles. The van der Waals surface area contributed by atoms with Gasteiger partial charge < -0.3 is 19.5 Å². The van der Waals surface area contributed by atoms with Crippen molar-refractivity contribution >= 4 is 27.5 Å². The van der Waals surface area contributed by atoms with E-state index in [-0.39, 0.29) is 57.5 Å². The molecule has 4 aromatic rings. The standard InChI is InChI=1S/C36H36F3N5O3/c1-3-24-26(38)9-8-21-16-23(45)17-25(27(21)24)30-29(39)31-28-32(43(2)35(10-5-4-6-11-35)13-15-46-33(28)40-30)42-34(41-31)47-20-36-12-7-14-44(36)19-22(37)18-36/h1,8-9,16-17,22,45H,4-7,10-15,18-20H2,2H3/t22-,36+/m1/s1. The number of fused-ring (bicyclic) bond motifs is 2. The summed E-state index contributed by atoms with van der Waals surface area (Å²) in [6.45, 7) is 1.70. The fourth-order valence-electron chi connectivity index (χ4n) is 8.62. The number of halogens is 3. The molecule has 0 amide bonds. The number of hydrogen-bond donors (Lipinski definition) is 1. The van der Waals surface area contributed by atoms with Gasteiger partial charge in [0, 0.05) is 42.9 Å². The molecule has 2 aromatic carbocycles.